The van der Waals surface area contributed by atoms with E-state index >= 15 is 0 Å². The van der Waals surface area contributed by atoms with Crippen molar-refractivity contribution >= 4 is 5.84 Å². The lowest BCUT2D eigenvalue weighted by Gasteiger charge is -2.17. The van der Waals surface area contributed by atoms with Crippen LogP contribution in [0.3, 0.4) is 0 Å². The van der Waals surface area contributed by atoms with Gasteiger partial charge in [-0.1, -0.05) is 73.6 Å². The van der Waals surface area contributed by atoms with E-state index in [0.29, 0.717) is 5.92 Å². The van der Waals surface area contributed by atoms with E-state index in [0.717, 1.165) is 18.7 Å². The first kappa shape index (κ1) is 23.0. The summed E-state index contributed by atoms with van der Waals surface area (Å²) in [7, 11) is 1.84. The zero-order chi connectivity index (χ0) is 17.6. The average molecular weight is 307 g/mol. The van der Waals surface area contributed by atoms with Crippen LogP contribution in [-0.2, 0) is 0 Å². The molecule has 0 spiro atoms. The Morgan fingerprint density at radius 2 is 1.77 bits per heavy atom. The molecular formula is C20H38N2. The van der Waals surface area contributed by atoms with Crippen LogP contribution in [0.1, 0.15) is 68.2 Å². The van der Waals surface area contributed by atoms with Crippen molar-refractivity contribution < 1.29 is 0 Å². The Morgan fingerprint density at radius 3 is 2.23 bits per heavy atom. The van der Waals surface area contributed by atoms with E-state index in [-0.39, 0.29) is 5.41 Å². The summed E-state index contributed by atoms with van der Waals surface area (Å²) in [4.78, 5) is 6.44. The van der Waals surface area contributed by atoms with E-state index < -0.39 is 0 Å². The molecule has 0 bridgehead atoms. The van der Waals surface area contributed by atoms with Gasteiger partial charge in [0.25, 0.3) is 0 Å². The molecule has 0 saturated carbocycles. The Hall–Kier alpha value is -1.31. The van der Waals surface area contributed by atoms with E-state index in [4.69, 9.17) is 0 Å². The minimum atomic E-state index is 0.135. The maximum atomic E-state index is 4.34. The van der Waals surface area contributed by atoms with Gasteiger partial charge in [-0.15, -0.1) is 0 Å². The van der Waals surface area contributed by atoms with Crippen LogP contribution >= 0.6 is 0 Å². The van der Waals surface area contributed by atoms with Crippen molar-refractivity contribution in [1.82, 2.24) is 4.90 Å². The molecule has 128 valence electrons. The van der Waals surface area contributed by atoms with Crippen molar-refractivity contribution in [2.75, 3.05) is 7.05 Å². The maximum Gasteiger partial charge on any atom is 0.131 e. The Balaban J connectivity index is 0. The van der Waals surface area contributed by atoms with Crippen LogP contribution < -0.4 is 0 Å². The molecule has 1 heterocycles. The molecule has 2 heteroatoms. The van der Waals surface area contributed by atoms with Crippen LogP contribution in [0.15, 0.2) is 41.7 Å². The number of hydrogen-bond donors (Lipinski definition) is 0. The highest BCUT2D eigenvalue weighted by Crippen LogP contribution is 2.27. The lowest BCUT2D eigenvalue weighted by atomic mass is 9.87. The molecule has 0 aromatic carbocycles. The van der Waals surface area contributed by atoms with Gasteiger partial charge in [0, 0.05) is 24.9 Å². The first-order valence-corrected chi connectivity index (χ1v) is 8.81. The topological polar surface area (TPSA) is 15.6 Å². The Labute approximate surface area is 139 Å². The predicted octanol–water partition coefficient (Wildman–Crippen LogP) is 6.43. The fourth-order valence-electron chi connectivity index (χ4n) is 1.73. The van der Waals surface area contributed by atoms with E-state index in [2.05, 4.69) is 74.3 Å². The number of amidine groups is 1. The molecule has 0 aliphatic carbocycles. The number of nitrogens with zero attached hydrogens (tertiary/aromatic N) is 2. The first-order chi connectivity index (χ1) is 10.5. The minimum absolute atomic E-state index is 0.135. The maximum absolute atomic E-state index is 4.34. The van der Waals surface area contributed by atoms with Gasteiger partial charge in [0.2, 0.25) is 0 Å². The van der Waals surface area contributed by atoms with Crippen LogP contribution in [0.25, 0.3) is 0 Å². The normalized spacial score (nSPS) is 22.3. The molecule has 0 fully saturated rings. The molecule has 1 atom stereocenters. The zero-order valence-corrected chi connectivity index (χ0v) is 16.4. The Bertz CT molecular complexity index is 375. The molecule has 1 rings (SSSR count). The smallest absolute Gasteiger partial charge is 0.131 e. The summed E-state index contributed by atoms with van der Waals surface area (Å²) in [5.74, 6) is 1.68. The summed E-state index contributed by atoms with van der Waals surface area (Å²) in [6.45, 7) is 16.9. The summed E-state index contributed by atoms with van der Waals surface area (Å²) in [5, 5.41) is 0. The van der Waals surface area contributed by atoms with E-state index in [1.54, 1.807) is 0 Å². The van der Waals surface area contributed by atoms with Crippen molar-refractivity contribution in [3.05, 3.63) is 36.7 Å². The van der Waals surface area contributed by atoms with Gasteiger partial charge in [-0.05, 0) is 24.8 Å². The quantitative estimate of drug-likeness (QED) is 0.584. The van der Waals surface area contributed by atoms with Gasteiger partial charge in [0.05, 0.1) is 0 Å². The largest absolute Gasteiger partial charge is 0.310 e. The molecular weight excluding hydrogens is 268 g/mol. The van der Waals surface area contributed by atoms with Gasteiger partial charge >= 0.3 is 0 Å². The van der Waals surface area contributed by atoms with Crippen molar-refractivity contribution in [1.29, 1.82) is 0 Å². The monoisotopic (exact) mass is 306 g/mol. The molecule has 1 aliphatic rings. The molecule has 22 heavy (non-hydrogen) atoms. The van der Waals surface area contributed by atoms with Gasteiger partial charge in [-0.25, -0.2) is 0 Å². The molecule has 0 aromatic rings. The van der Waals surface area contributed by atoms with Gasteiger partial charge in [0.15, 0.2) is 0 Å². The molecule has 0 amide bonds. The minimum Gasteiger partial charge on any atom is -0.310 e. The summed E-state index contributed by atoms with van der Waals surface area (Å²) in [6, 6.07) is 0. The first-order valence-electron chi connectivity index (χ1n) is 8.81. The second-order valence-electron chi connectivity index (χ2n) is 5.51. The molecule has 1 unspecified atom stereocenters. The zero-order valence-electron chi connectivity index (χ0n) is 16.4. The highest BCUT2D eigenvalue weighted by Gasteiger charge is 2.18. The Morgan fingerprint density at radius 1 is 1.18 bits per heavy atom. The van der Waals surface area contributed by atoms with Gasteiger partial charge in [-0.3, -0.25) is 4.99 Å². The lowest BCUT2D eigenvalue weighted by molar-refractivity contribution is 0.527. The van der Waals surface area contributed by atoms with Crippen LogP contribution in [0.4, 0.5) is 0 Å². The Kier molecular flexibility index (Phi) is 13.9. The third-order valence-corrected chi connectivity index (χ3v) is 3.36. The van der Waals surface area contributed by atoms with Crippen molar-refractivity contribution in [2.24, 2.45) is 16.3 Å². The molecule has 0 aromatic heterocycles. The van der Waals surface area contributed by atoms with E-state index in [1.165, 1.54) is 0 Å². The number of hydrogen-bond acceptors (Lipinski definition) is 1. The predicted molar refractivity (Wildman–Crippen MR) is 103 cm³/mol. The highest BCUT2D eigenvalue weighted by atomic mass is 15.1. The van der Waals surface area contributed by atoms with Crippen molar-refractivity contribution in [2.45, 2.75) is 68.2 Å². The third-order valence-electron chi connectivity index (χ3n) is 3.36. The molecule has 0 radical (unpaired) electrons. The molecule has 1 aliphatic heterocycles. The van der Waals surface area contributed by atoms with Crippen LogP contribution in [0.5, 0.6) is 0 Å². The second kappa shape index (κ2) is 13.4. The van der Waals surface area contributed by atoms with Gasteiger partial charge in [-0.2, -0.15) is 0 Å². The third kappa shape index (κ3) is 8.86. The van der Waals surface area contributed by atoms with E-state index in [1.807, 2.05) is 34.7 Å². The molecule has 0 N–H and O–H groups in total. The lowest BCUT2D eigenvalue weighted by Crippen LogP contribution is -2.16. The van der Waals surface area contributed by atoms with E-state index in [9.17, 15) is 0 Å². The van der Waals surface area contributed by atoms with Crippen molar-refractivity contribution in [3.8, 4) is 0 Å². The van der Waals surface area contributed by atoms with Gasteiger partial charge < -0.3 is 4.90 Å². The van der Waals surface area contributed by atoms with Crippen LogP contribution in [-0.4, -0.2) is 17.8 Å². The number of rotatable bonds is 4. The van der Waals surface area contributed by atoms with Crippen LogP contribution in [0, 0.1) is 11.3 Å². The summed E-state index contributed by atoms with van der Waals surface area (Å²) >= 11 is 0. The van der Waals surface area contributed by atoms with Crippen LogP contribution in [0.2, 0.25) is 0 Å². The fraction of sp³-hybridized carbons (Fsp3) is 0.650. The molecule has 2 nitrogen and oxygen atoms in total. The highest BCUT2D eigenvalue weighted by molar-refractivity contribution is 5.94. The number of aliphatic imine (C=N–C) groups is 1. The summed E-state index contributed by atoms with van der Waals surface area (Å²) in [6.07, 6.45) is 15.2. The molecule has 0 saturated heterocycles. The summed E-state index contributed by atoms with van der Waals surface area (Å²) < 4.78 is 0. The fourth-order valence-corrected chi connectivity index (χ4v) is 1.73. The second-order valence-corrected chi connectivity index (χ2v) is 5.51. The standard InChI is InChI=1S/C16H26N2.2C2H6/c1-6-16(4)10-9-15(17-5)18(13-11-16)12-7-8-14(2)3;2*1-2/h7,9-14H,6,8H2,1-5H3;2*1-2H3/b12-7-,17-15?;;. The average Bonchev–Trinajstić information content (AvgIpc) is 2.71. The number of allylic oxidation sites excluding steroid dienone is 3. The van der Waals surface area contributed by atoms with Gasteiger partial charge in [0.1, 0.15) is 5.84 Å². The SMILES string of the molecule is CC.CC.CCC1(C)C=CC(=NC)N(/C=C\CC(C)C)C=C1. The van der Waals surface area contributed by atoms with Crippen molar-refractivity contribution in [3.63, 3.8) is 0 Å². The summed E-state index contributed by atoms with van der Waals surface area (Å²) in [5.41, 5.74) is 0.135.